The van der Waals surface area contributed by atoms with Crippen LogP contribution in [-0.2, 0) is 4.74 Å². The van der Waals surface area contributed by atoms with Crippen molar-refractivity contribution >= 4 is 17.7 Å². The van der Waals surface area contributed by atoms with Gasteiger partial charge in [-0.3, -0.25) is 0 Å². The van der Waals surface area contributed by atoms with Gasteiger partial charge < -0.3 is 15.4 Å². The van der Waals surface area contributed by atoms with E-state index in [1.165, 1.54) is 20.1 Å². The molecule has 0 aromatic heterocycles. The van der Waals surface area contributed by atoms with Crippen LogP contribution >= 0.6 is 0 Å². The van der Waals surface area contributed by atoms with Crippen LogP contribution in [0.5, 0.6) is 0 Å². The second-order valence-electron chi connectivity index (χ2n) is 4.38. The number of benzene rings is 1. The molecule has 0 bridgehead atoms. The predicted molar refractivity (Wildman–Crippen MR) is 69.8 cm³/mol. The first kappa shape index (κ1) is 14.9. The van der Waals surface area contributed by atoms with Crippen LogP contribution in [0.4, 0.5) is 14.9 Å². The van der Waals surface area contributed by atoms with Crippen LogP contribution in [0.15, 0.2) is 12.1 Å². The third kappa shape index (κ3) is 3.94. The summed E-state index contributed by atoms with van der Waals surface area (Å²) >= 11 is 0. The first-order valence-corrected chi connectivity index (χ1v) is 5.81. The van der Waals surface area contributed by atoms with Crippen LogP contribution in [0.25, 0.3) is 0 Å². The summed E-state index contributed by atoms with van der Waals surface area (Å²) in [4.78, 5) is 23.0. The van der Waals surface area contributed by atoms with Crippen molar-refractivity contribution in [1.82, 2.24) is 5.32 Å². The van der Waals surface area contributed by atoms with Crippen molar-refractivity contribution in [1.29, 1.82) is 0 Å². The molecular weight excluding hydrogens is 251 g/mol. The Hall–Kier alpha value is -2.11. The Morgan fingerprint density at radius 3 is 2.47 bits per heavy atom. The van der Waals surface area contributed by atoms with E-state index < -0.39 is 17.8 Å². The first-order valence-electron chi connectivity index (χ1n) is 5.81. The zero-order valence-corrected chi connectivity index (χ0v) is 11.3. The number of nitrogens with one attached hydrogen (secondary N) is 2. The maximum atomic E-state index is 13.7. The quantitative estimate of drug-likeness (QED) is 0.827. The Morgan fingerprint density at radius 1 is 1.32 bits per heavy atom. The van der Waals surface area contributed by atoms with Crippen molar-refractivity contribution in [3.05, 3.63) is 29.1 Å². The second-order valence-corrected chi connectivity index (χ2v) is 4.38. The van der Waals surface area contributed by atoms with Gasteiger partial charge in [-0.1, -0.05) is 0 Å². The molecule has 1 rings (SSSR count). The molecule has 0 spiro atoms. The fraction of sp³-hybridized carbons (Fsp3) is 0.385. The van der Waals surface area contributed by atoms with Crippen molar-refractivity contribution in [2.24, 2.45) is 0 Å². The van der Waals surface area contributed by atoms with Gasteiger partial charge in [0.05, 0.1) is 12.7 Å². The number of esters is 1. The van der Waals surface area contributed by atoms with Gasteiger partial charge in [-0.2, -0.15) is 0 Å². The lowest BCUT2D eigenvalue weighted by atomic mass is 10.1. The highest BCUT2D eigenvalue weighted by Gasteiger charge is 2.14. The lowest BCUT2D eigenvalue weighted by Gasteiger charge is -2.13. The zero-order chi connectivity index (χ0) is 14.6. The molecule has 0 aliphatic rings. The molecule has 1 aromatic carbocycles. The Bertz CT molecular complexity index is 501. The lowest BCUT2D eigenvalue weighted by molar-refractivity contribution is 0.0600. The SMILES string of the molecule is COC(=O)c1cc(F)c(C)c(NC(=O)NC(C)C)c1. The van der Waals surface area contributed by atoms with E-state index in [0.29, 0.717) is 0 Å². The van der Waals surface area contributed by atoms with Crippen LogP contribution in [0.3, 0.4) is 0 Å². The van der Waals surface area contributed by atoms with Gasteiger partial charge in [-0.25, -0.2) is 14.0 Å². The molecule has 0 aliphatic carbocycles. The highest BCUT2D eigenvalue weighted by molar-refractivity contribution is 5.94. The average Bonchev–Trinajstić information content (AvgIpc) is 2.32. The molecule has 104 valence electrons. The number of methoxy groups -OCH3 is 1. The van der Waals surface area contributed by atoms with Gasteiger partial charge in [0.15, 0.2) is 0 Å². The largest absolute Gasteiger partial charge is 0.465 e. The van der Waals surface area contributed by atoms with Crippen molar-refractivity contribution in [3.63, 3.8) is 0 Å². The summed E-state index contributed by atoms with van der Waals surface area (Å²) in [6.07, 6.45) is 0. The lowest BCUT2D eigenvalue weighted by Crippen LogP contribution is -2.34. The molecule has 2 amide bonds. The smallest absolute Gasteiger partial charge is 0.338 e. The number of halogens is 1. The molecule has 0 fully saturated rings. The number of anilines is 1. The fourth-order valence-corrected chi connectivity index (χ4v) is 1.46. The minimum Gasteiger partial charge on any atom is -0.465 e. The molecule has 0 heterocycles. The van der Waals surface area contributed by atoms with Gasteiger partial charge >= 0.3 is 12.0 Å². The number of ether oxygens (including phenoxy) is 1. The number of hydrogen-bond acceptors (Lipinski definition) is 3. The maximum absolute atomic E-state index is 13.7. The molecule has 6 heteroatoms. The van der Waals surface area contributed by atoms with Crippen LogP contribution < -0.4 is 10.6 Å². The maximum Gasteiger partial charge on any atom is 0.338 e. The summed E-state index contributed by atoms with van der Waals surface area (Å²) in [7, 11) is 1.21. The number of carbonyl (C=O) groups excluding carboxylic acids is 2. The molecule has 0 saturated carbocycles. The van der Waals surface area contributed by atoms with E-state index in [9.17, 15) is 14.0 Å². The first-order chi connectivity index (χ1) is 8.85. The average molecular weight is 268 g/mol. The standard InChI is InChI=1S/C13H17FN2O3/c1-7(2)15-13(18)16-11-6-9(12(17)19-4)5-10(14)8(11)3/h5-7H,1-4H3,(H2,15,16,18). The third-order valence-electron chi connectivity index (χ3n) is 2.43. The van der Waals surface area contributed by atoms with Crippen molar-refractivity contribution < 1.29 is 18.7 Å². The fourth-order valence-electron chi connectivity index (χ4n) is 1.46. The van der Waals surface area contributed by atoms with E-state index in [0.717, 1.165) is 6.07 Å². The van der Waals surface area contributed by atoms with E-state index >= 15 is 0 Å². The van der Waals surface area contributed by atoms with Crippen molar-refractivity contribution in [3.8, 4) is 0 Å². The molecule has 0 saturated heterocycles. The molecule has 0 atom stereocenters. The van der Waals surface area contributed by atoms with Gasteiger partial charge in [-0.05, 0) is 32.9 Å². The van der Waals surface area contributed by atoms with E-state index in [2.05, 4.69) is 15.4 Å². The highest BCUT2D eigenvalue weighted by Crippen LogP contribution is 2.21. The summed E-state index contributed by atoms with van der Waals surface area (Å²) in [5.74, 6) is -1.24. The van der Waals surface area contributed by atoms with Gasteiger partial charge in [0.1, 0.15) is 5.82 Å². The number of carbonyl (C=O) groups is 2. The number of urea groups is 1. The number of hydrogen-bond donors (Lipinski definition) is 2. The zero-order valence-electron chi connectivity index (χ0n) is 11.3. The van der Waals surface area contributed by atoms with Gasteiger partial charge in [0.25, 0.3) is 0 Å². The highest BCUT2D eigenvalue weighted by atomic mass is 19.1. The van der Waals surface area contributed by atoms with E-state index in [4.69, 9.17) is 0 Å². The van der Waals surface area contributed by atoms with Crippen molar-refractivity contribution in [2.45, 2.75) is 26.8 Å². The molecule has 19 heavy (non-hydrogen) atoms. The summed E-state index contributed by atoms with van der Waals surface area (Å²) in [5, 5.41) is 5.12. The Labute approximate surface area is 111 Å². The molecule has 0 aliphatic heterocycles. The van der Waals surface area contributed by atoms with E-state index in [1.54, 1.807) is 13.8 Å². The minimum absolute atomic E-state index is 0.0467. The van der Waals surface area contributed by atoms with Gasteiger partial charge in [0, 0.05) is 17.3 Å². The van der Waals surface area contributed by atoms with Crippen molar-refractivity contribution in [2.75, 3.05) is 12.4 Å². The summed E-state index contributed by atoms with van der Waals surface area (Å²) in [5.41, 5.74) is 0.538. The molecular formula is C13H17FN2O3. The molecule has 2 N–H and O–H groups in total. The Morgan fingerprint density at radius 2 is 1.95 bits per heavy atom. The Kier molecular flexibility index (Phi) is 4.86. The monoisotopic (exact) mass is 268 g/mol. The second kappa shape index (κ2) is 6.17. The van der Waals surface area contributed by atoms with Crippen LogP contribution in [-0.4, -0.2) is 25.2 Å². The minimum atomic E-state index is -0.661. The summed E-state index contributed by atoms with van der Waals surface area (Å²) in [6, 6.07) is 1.95. The van der Waals surface area contributed by atoms with Crippen LogP contribution in [0.2, 0.25) is 0 Å². The number of rotatable bonds is 3. The molecule has 0 radical (unpaired) electrons. The topological polar surface area (TPSA) is 67.4 Å². The molecule has 5 nitrogen and oxygen atoms in total. The van der Waals surface area contributed by atoms with Gasteiger partial charge in [0.2, 0.25) is 0 Å². The van der Waals surface area contributed by atoms with E-state index in [1.807, 2.05) is 0 Å². The normalized spacial score (nSPS) is 10.2. The van der Waals surface area contributed by atoms with E-state index in [-0.39, 0.29) is 22.9 Å². The summed E-state index contributed by atoms with van der Waals surface area (Å²) < 4.78 is 18.2. The molecule has 0 unspecified atom stereocenters. The van der Waals surface area contributed by atoms with Gasteiger partial charge in [-0.15, -0.1) is 0 Å². The number of amides is 2. The Balaban J connectivity index is 3.02. The summed E-state index contributed by atoms with van der Waals surface area (Å²) in [6.45, 7) is 5.12. The van der Waals surface area contributed by atoms with Crippen LogP contribution in [0.1, 0.15) is 29.8 Å². The predicted octanol–water partition coefficient (Wildman–Crippen LogP) is 2.45. The molecule has 1 aromatic rings. The third-order valence-corrected chi connectivity index (χ3v) is 2.43. The van der Waals surface area contributed by atoms with Crippen LogP contribution in [0, 0.1) is 12.7 Å².